The molecule has 0 bridgehead atoms. The predicted octanol–water partition coefficient (Wildman–Crippen LogP) is 5.17. The largest absolute Gasteiger partial charge is 0.323 e. The Morgan fingerprint density at radius 3 is 2.46 bits per heavy atom. The van der Waals surface area contributed by atoms with Gasteiger partial charge in [0, 0.05) is 28.7 Å². The zero-order valence-corrected chi connectivity index (χ0v) is 17.9. The summed E-state index contributed by atoms with van der Waals surface area (Å²) in [7, 11) is 0. The van der Waals surface area contributed by atoms with E-state index in [9.17, 15) is 18.4 Å². The van der Waals surface area contributed by atoms with Gasteiger partial charge in [-0.15, -0.1) is 0 Å². The van der Waals surface area contributed by atoms with Crippen LogP contribution < -0.4 is 10.6 Å². The van der Waals surface area contributed by atoms with E-state index in [0.29, 0.717) is 16.7 Å². The number of carbonyl (C=O) groups is 2. The molecule has 0 atom stereocenters. The van der Waals surface area contributed by atoms with Crippen LogP contribution in [0.25, 0.3) is 22.3 Å². The number of halogens is 2. The Morgan fingerprint density at radius 1 is 0.857 bits per heavy atom. The fraction of sp³-hybridized carbons (Fsp3) is 0. The molecule has 35 heavy (non-hydrogen) atoms. The van der Waals surface area contributed by atoms with Gasteiger partial charge in [0.05, 0.1) is 34.7 Å². The molecule has 2 aromatic heterocycles. The molecule has 8 nitrogen and oxygen atoms in total. The molecule has 3 aromatic carbocycles. The third-order valence-electron chi connectivity index (χ3n) is 5.15. The zero-order valence-electron chi connectivity index (χ0n) is 17.9. The van der Waals surface area contributed by atoms with Gasteiger partial charge in [-0.2, -0.15) is 5.10 Å². The minimum atomic E-state index is -0.746. The van der Waals surface area contributed by atoms with E-state index in [4.69, 9.17) is 0 Å². The van der Waals surface area contributed by atoms with Crippen LogP contribution >= 0.6 is 0 Å². The SMILES string of the molecule is O=C(Nc1cccc(F)c1)Nc1ccc(F)c(C(=O)c2ccc3ncc(-c4cn[nH]c4)nc3c2)c1. The molecule has 0 saturated carbocycles. The fourth-order valence-electron chi connectivity index (χ4n) is 3.47. The molecule has 5 aromatic rings. The van der Waals surface area contributed by atoms with Crippen molar-refractivity contribution in [3.8, 4) is 11.3 Å². The molecule has 0 aliphatic rings. The average molecular weight is 470 g/mol. The number of carbonyl (C=O) groups excluding carboxylic acids is 2. The molecule has 3 N–H and O–H groups in total. The number of fused-ring (bicyclic) bond motifs is 1. The van der Waals surface area contributed by atoms with Crippen LogP contribution in [0.1, 0.15) is 15.9 Å². The molecule has 0 aliphatic heterocycles. The van der Waals surface area contributed by atoms with Gasteiger partial charge in [-0.05, 0) is 54.6 Å². The summed E-state index contributed by atoms with van der Waals surface area (Å²) >= 11 is 0. The van der Waals surface area contributed by atoms with Crippen molar-refractivity contribution in [2.24, 2.45) is 0 Å². The maximum Gasteiger partial charge on any atom is 0.323 e. The molecule has 2 heterocycles. The third kappa shape index (κ3) is 4.71. The van der Waals surface area contributed by atoms with E-state index in [2.05, 4.69) is 30.8 Å². The average Bonchev–Trinajstić information content (AvgIpc) is 3.39. The van der Waals surface area contributed by atoms with Crippen molar-refractivity contribution in [3.63, 3.8) is 0 Å². The van der Waals surface area contributed by atoms with E-state index in [0.717, 1.165) is 17.7 Å². The smallest absolute Gasteiger partial charge is 0.308 e. The van der Waals surface area contributed by atoms with Gasteiger partial charge in [0.2, 0.25) is 0 Å². The summed E-state index contributed by atoms with van der Waals surface area (Å²) in [6, 6.07) is 13.0. The molecule has 2 amide bonds. The summed E-state index contributed by atoms with van der Waals surface area (Å²) in [4.78, 5) is 34.2. The number of rotatable bonds is 5. The number of aromatic amines is 1. The molecule has 0 fully saturated rings. The van der Waals surface area contributed by atoms with E-state index in [1.807, 2.05) is 0 Å². The summed E-state index contributed by atoms with van der Waals surface area (Å²) in [6.07, 6.45) is 4.87. The number of nitrogens with one attached hydrogen (secondary N) is 3. The van der Waals surface area contributed by atoms with Crippen molar-refractivity contribution in [3.05, 3.63) is 102 Å². The first kappa shape index (κ1) is 21.8. The molecule has 172 valence electrons. The highest BCUT2D eigenvalue weighted by Crippen LogP contribution is 2.23. The molecule has 5 rings (SSSR count). The fourth-order valence-corrected chi connectivity index (χ4v) is 3.47. The van der Waals surface area contributed by atoms with Gasteiger partial charge in [-0.3, -0.25) is 14.9 Å². The Bertz CT molecular complexity index is 1570. The van der Waals surface area contributed by atoms with Crippen molar-refractivity contribution in [2.45, 2.75) is 0 Å². The summed E-state index contributed by atoms with van der Waals surface area (Å²) in [6.45, 7) is 0. The van der Waals surface area contributed by atoms with E-state index in [1.165, 1.54) is 42.5 Å². The Hall–Kier alpha value is -4.99. The first-order valence-electron chi connectivity index (χ1n) is 10.4. The van der Waals surface area contributed by atoms with Gasteiger partial charge in [0.1, 0.15) is 11.6 Å². The Morgan fingerprint density at radius 2 is 1.69 bits per heavy atom. The molecule has 0 unspecified atom stereocenters. The predicted molar refractivity (Wildman–Crippen MR) is 126 cm³/mol. The molecular weight excluding hydrogens is 454 g/mol. The lowest BCUT2D eigenvalue weighted by Gasteiger charge is -2.10. The third-order valence-corrected chi connectivity index (χ3v) is 5.15. The number of nitrogens with zero attached hydrogens (tertiary/aromatic N) is 3. The number of hydrogen-bond donors (Lipinski definition) is 3. The van der Waals surface area contributed by atoms with E-state index >= 15 is 0 Å². The standard InChI is InChI=1S/C25H16F2N6O2/c26-16-2-1-3-17(9-16)31-25(35)32-18-5-6-20(27)19(10-18)24(34)14-4-7-21-22(8-14)33-23(13-28-21)15-11-29-30-12-15/h1-13H,(H,29,30)(H2,31,32,35). The first-order chi connectivity index (χ1) is 17.0. The maximum absolute atomic E-state index is 14.6. The molecular formula is C25H16F2N6O2. The van der Waals surface area contributed by atoms with Crippen LogP contribution in [0.15, 0.2) is 79.3 Å². The van der Waals surface area contributed by atoms with Crippen molar-refractivity contribution in [1.29, 1.82) is 0 Å². The van der Waals surface area contributed by atoms with Crippen molar-refractivity contribution in [2.75, 3.05) is 10.6 Å². The van der Waals surface area contributed by atoms with Crippen LogP contribution in [0.5, 0.6) is 0 Å². The number of urea groups is 1. The highest BCUT2D eigenvalue weighted by molar-refractivity contribution is 6.11. The lowest BCUT2D eigenvalue weighted by Crippen LogP contribution is -2.20. The second kappa shape index (κ2) is 9.10. The maximum atomic E-state index is 14.6. The summed E-state index contributed by atoms with van der Waals surface area (Å²) in [5, 5.41) is 11.6. The van der Waals surface area contributed by atoms with Crippen molar-refractivity contribution >= 4 is 34.2 Å². The van der Waals surface area contributed by atoms with Crippen LogP contribution in [-0.4, -0.2) is 32.0 Å². The van der Waals surface area contributed by atoms with Crippen LogP contribution in [0.3, 0.4) is 0 Å². The summed E-state index contributed by atoms with van der Waals surface area (Å²) in [5.41, 5.74) is 2.73. The first-order valence-corrected chi connectivity index (χ1v) is 10.4. The highest BCUT2D eigenvalue weighted by atomic mass is 19.1. The van der Waals surface area contributed by atoms with Crippen molar-refractivity contribution < 1.29 is 18.4 Å². The number of aromatic nitrogens is 4. The normalized spacial score (nSPS) is 10.8. The number of anilines is 2. The minimum absolute atomic E-state index is 0.187. The quantitative estimate of drug-likeness (QED) is 0.307. The second-order valence-corrected chi connectivity index (χ2v) is 7.56. The number of hydrogen-bond acceptors (Lipinski definition) is 5. The second-order valence-electron chi connectivity index (χ2n) is 7.56. The number of amides is 2. The van der Waals surface area contributed by atoms with Gasteiger partial charge >= 0.3 is 6.03 Å². The van der Waals surface area contributed by atoms with Crippen LogP contribution in [-0.2, 0) is 0 Å². The monoisotopic (exact) mass is 470 g/mol. The van der Waals surface area contributed by atoms with Crippen LogP contribution in [0.4, 0.5) is 25.0 Å². The van der Waals surface area contributed by atoms with Gasteiger partial charge < -0.3 is 10.6 Å². The van der Waals surface area contributed by atoms with Gasteiger partial charge in [-0.1, -0.05) is 6.07 Å². The molecule has 0 spiro atoms. The van der Waals surface area contributed by atoms with Crippen molar-refractivity contribution in [1.82, 2.24) is 20.2 Å². The number of benzene rings is 3. The number of ketones is 1. The lowest BCUT2D eigenvalue weighted by molar-refractivity contribution is 0.103. The molecule has 0 saturated heterocycles. The summed E-state index contributed by atoms with van der Waals surface area (Å²) in [5.74, 6) is -1.84. The van der Waals surface area contributed by atoms with E-state index in [1.54, 1.807) is 24.7 Å². The number of H-pyrrole nitrogens is 1. The topological polar surface area (TPSA) is 113 Å². The molecule has 0 radical (unpaired) electrons. The Balaban J connectivity index is 1.39. The van der Waals surface area contributed by atoms with Crippen LogP contribution in [0, 0.1) is 11.6 Å². The lowest BCUT2D eigenvalue weighted by atomic mass is 10.0. The highest BCUT2D eigenvalue weighted by Gasteiger charge is 2.17. The Kier molecular flexibility index (Phi) is 5.68. The molecule has 10 heteroatoms. The Labute approximate surface area is 197 Å². The van der Waals surface area contributed by atoms with Gasteiger partial charge in [0.25, 0.3) is 0 Å². The minimum Gasteiger partial charge on any atom is -0.308 e. The van der Waals surface area contributed by atoms with Gasteiger partial charge in [0.15, 0.2) is 5.78 Å². The molecule has 0 aliphatic carbocycles. The van der Waals surface area contributed by atoms with E-state index in [-0.39, 0.29) is 22.5 Å². The van der Waals surface area contributed by atoms with E-state index < -0.39 is 23.4 Å². The zero-order chi connectivity index (χ0) is 24.4. The summed E-state index contributed by atoms with van der Waals surface area (Å²) < 4.78 is 27.9. The van der Waals surface area contributed by atoms with Crippen LogP contribution in [0.2, 0.25) is 0 Å². The van der Waals surface area contributed by atoms with Gasteiger partial charge in [-0.25, -0.2) is 18.6 Å².